The maximum Gasteiger partial charge on any atom is 0.259 e. The van der Waals surface area contributed by atoms with E-state index >= 15 is 0 Å². The third-order valence-corrected chi connectivity index (χ3v) is 4.61. The number of aromatic nitrogens is 2. The number of nitrogens with one attached hydrogen (secondary N) is 1. The minimum Gasteiger partial charge on any atom is -0.463 e. The quantitative estimate of drug-likeness (QED) is 0.480. The van der Waals surface area contributed by atoms with Crippen LogP contribution in [0.1, 0.15) is 35.7 Å². The Morgan fingerprint density at radius 3 is 2.71 bits per heavy atom. The molecule has 142 valence electrons. The molecule has 6 nitrogen and oxygen atoms in total. The summed E-state index contributed by atoms with van der Waals surface area (Å²) in [6.45, 7) is 4.72. The zero-order valence-corrected chi connectivity index (χ0v) is 15.9. The maximum atomic E-state index is 13.0. The monoisotopic (exact) mass is 375 g/mol. The van der Waals surface area contributed by atoms with E-state index in [9.17, 15) is 4.79 Å². The second-order valence-corrected chi connectivity index (χ2v) is 6.72. The molecule has 0 spiro atoms. The van der Waals surface area contributed by atoms with E-state index in [0.717, 1.165) is 24.0 Å². The van der Waals surface area contributed by atoms with Crippen LogP contribution >= 0.6 is 0 Å². The van der Waals surface area contributed by atoms with Crippen LogP contribution in [0.3, 0.4) is 0 Å². The number of amides is 1. The fraction of sp³-hybridized carbons (Fsp3) is 0.227. The van der Waals surface area contributed by atoms with Crippen molar-refractivity contribution in [1.82, 2.24) is 15.5 Å². The van der Waals surface area contributed by atoms with Gasteiger partial charge in [-0.25, -0.2) is 4.98 Å². The fourth-order valence-electron chi connectivity index (χ4n) is 3.06. The number of fused-ring (bicyclic) bond motifs is 1. The molecule has 28 heavy (non-hydrogen) atoms. The van der Waals surface area contributed by atoms with Crippen molar-refractivity contribution in [3.8, 4) is 22.7 Å². The topological polar surface area (TPSA) is 81.2 Å². The molecule has 0 aliphatic heterocycles. The zero-order chi connectivity index (χ0) is 19.5. The number of furan rings is 1. The number of pyridine rings is 1. The van der Waals surface area contributed by atoms with Gasteiger partial charge in [0.25, 0.3) is 11.6 Å². The van der Waals surface area contributed by atoms with Crippen LogP contribution in [0.25, 0.3) is 33.8 Å². The number of unbranched alkanes of at least 4 members (excludes halogenated alkanes) is 1. The highest BCUT2D eigenvalue weighted by Crippen LogP contribution is 2.33. The Kier molecular flexibility index (Phi) is 4.93. The molecule has 6 heteroatoms. The smallest absolute Gasteiger partial charge is 0.259 e. The molecule has 0 saturated heterocycles. The van der Waals surface area contributed by atoms with E-state index in [1.807, 2.05) is 31.2 Å². The highest BCUT2D eigenvalue weighted by Gasteiger charge is 2.22. The highest BCUT2D eigenvalue weighted by atomic mass is 16.5. The number of aryl methyl sites for hydroxylation is 1. The predicted octanol–water partition coefficient (Wildman–Crippen LogP) is 4.99. The first-order valence-electron chi connectivity index (χ1n) is 9.37. The van der Waals surface area contributed by atoms with Crippen LogP contribution in [0.4, 0.5) is 0 Å². The summed E-state index contributed by atoms with van der Waals surface area (Å²) in [7, 11) is 0. The van der Waals surface area contributed by atoms with Gasteiger partial charge in [0.1, 0.15) is 11.4 Å². The summed E-state index contributed by atoms with van der Waals surface area (Å²) < 4.78 is 11.0. The van der Waals surface area contributed by atoms with Crippen molar-refractivity contribution in [1.29, 1.82) is 0 Å². The number of carbonyl (C=O) groups is 1. The molecule has 1 N–H and O–H groups in total. The summed E-state index contributed by atoms with van der Waals surface area (Å²) in [6.07, 6.45) is 3.49. The number of carbonyl (C=O) groups excluding carboxylic acids is 1. The van der Waals surface area contributed by atoms with E-state index < -0.39 is 0 Å². The van der Waals surface area contributed by atoms with E-state index in [4.69, 9.17) is 8.94 Å². The Balaban J connectivity index is 1.86. The Hall–Kier alpha value is -3.41. The summed E-state index contributed by atoms with van der Waals surface area (Å²) in [5.41, 5.74) is 3.94. The fourth-order valence-corrected chi connectivity index (χ4v) is 3.06. The third-order valence-electron chi connectivity index (χ3n) is 4.61. The van der Waals surface area contributed by atoms with Crippen molar-refractivity contribution < 1.29 is 13.7 Å². The molecule has 0 saturated carbocycles. The molecule has 1 aromatic carbocycles. The van der Waals surface area contributed by atoms with Gasteiger partial charge in [-0.3, -0.25) is 4.79 Å². The van der Waals surface area contributed by atoms with Crippen LogP contribution in [-0.4, -0.2) is 22.6 Å². The van der Waals surface area contributed by atoms with Crippen LogP contribution in [0.5, 0.6) is 0 Å². The molecule has 0 atom stereocenters. The van der Waals surface area contributed by atoms with E-state index in [0.29, 0.717) is 40.4 Å². The van der Waals surface area contributed by atoms with E-state index in [1.165, 1.54) is 0 Å². The van der Waals surface area contributed by atoms with Crippen molar-refractivity contribution in [2.75, 3.05) is 6.54 Å². The molecule has 0 fully saturated rings. The molecular weight excluding hydrogens is 354 g/mol. The van der Waals surface area contributed by atoms with Crippen LogP contribution < -0.4 is 5.32 Å². The second-order valence-electron chi connectivity index (χ2n) is 6.72. The predicted molar refractivity (Wildman–Crippen MR) is 107 cm³/mol. The standard InChI is InChI=1S/C22H21N3O3/c1-3-4-11-23-21(26)16-13-17(18-6-5-12-27-18)24-22-19(16)20(25-28-22)15-9-7-14(2)8-10-15/h5-10,12-13H,3-4,11H2,1-2H3,(H,23,26). The van der Waals surface area contributed by atoms with Crippen molar-refractivity contribution in [2.24, 2.45) is 0 Å². The molecule has 0 radical (unpaired) electrons. The summed E-state index contributed by atoms with van der Waals surface area (Å²) in [5, 5.41) is 7.79. The van der Waals surface area contributed by atoms with Gasteiger partial charge in [0, 0.05) is 12.1 Å². The number of rotatable bonds is 6. The summed E-state index contributed by atoms with van der Waals surface area (Å²) in [5.74, 6) is 0.392. The first-order valence-corrected chi connectivity index (χ1v) is 9.37. The van der Waals surface area contributed by atoms with Gasteiger partial charge in [0.05, 0.1) is 17.2 Å². The van der Waals surface area contributed by atoms with Crippen LogP contribution in [0.2, 0.25) is 0 Å². The van der Waals surface area contributed by atoms with E-state index in [2.05, 4.69) is 22.4 Å². The van der Waals surface area contributed by atoms with Crippen LogP contribution in [0, 0.1) is 6.92 Å². The summed E-state index contributed by atoms with van der Waals surface area (Å²) in [4.78, 5) is 17.5. The van der Waals surface area contributed by atoms with Gasteiger partial charge in [-0.2, -0.15) is 0 Å². The minimum absolute atomic E-state index is 0.176. The SMILES string of the molecule is CCCCNC(=O)c1cc(-c2ccco2)nc2onc(-c3ccc(C)cc3)c12. The highest BCUT2D eigenvalue weighted by molar-refractivity contribution is 6.10. The average molecular weight is 375 g/mol. The molecule has 0 aliphatic rings. The summed E-state index contributed by atoms with van der Waals surface area (Å²) in [6, 6.07) is 13.2. The number of nitrogens with zero attached hydrogens (tertiary/aromatic N) is 2. The van der Waals surface area contributed by atoms with Crippen molar-refractivity contribution in [3.63, 3.8) is 0 Å². The normalized spacial score (nSPS) is 11.1. The van der Waals surface area contributed by atoms with Gasteiger partial charge < -0.3 is 14.3 Å². The van der Waals surface area contributed by atoms with Gasteiger partial charge in [-0.05, 0) is 31.5 Å². The van der Waals surface area contributed by atoms with Crippen LogP contribution in [0.15, 0.2) is 57.7 Å². The lowest BCUT2D eigenvalue weighted by Crippen LogP contribution is -2.24. The van der Waals surface area contributed by atoms with Crippen molar-refractivity contribution in [3.05, 3.63) is 59.9 Å². The molecule has 3 aromatic heterocycles. The average Bonchev–Trinajstić information content (AvgIpc) is 3.38. The first-order chi connectivity index (χ1) is 13.7. The van der Waals surface area contributed by atoms with Gasteiger partial charge in [-0.15, -0.1) is 0 Å². The number of hydrogen-bond acceptors (Lipinski definition) is 5. The Labute approximate surface area is 162 Å². The summed E-state index contributed by atoms with van der Waals surface area (Å²) >= 11 is 0. The first kappa shape index (κ1) is 18.0. The molecule has 3 heterocycles. The molecule has 4 rings (SSSR count). The third kappa shape index (κ3) is 3.41. The minimum atomic E-state index is -0.176. The van der Waals surface area contributed by atoms with Gasteiger partial charge in [0.15, 0.2) is 5.76 Å². The largest absolute Gasteiger partial charge is 0.463 e. The zero-order valence-electron chi connectivity index (χ0n) is 15.9. The van der Waals surface area contributed by atoms with Crippen LogP contribution in [-0.2, 0) is 0 Å². The van der Waals surface area contributed by atoms with Gasteiger partial charge in [-0.1, -0.05) is 48.3 Å². The molecule has 0 unspecified atom stereocenters. The number of hydrogen-bond donors (Lipinski definition) is 1. The van der Waals surface area contributed by atoms with Gasteiger partial charge >= 0.3 is 0 Å². The second kappa shape index (κ2) is 7.68. The molecule has 4 aromatic rings. The van der Waals surface area contributed by atoms with Crippen molar-refractivity contribution in [2.45, 2.75) is 26.7 Å². The Bertz CT molecular complexity index is 1100. The van der Waals surface area contributed by atoms with E-state index in [1.54, 1.807) is 24.5 Å². The lowest BCUT2D eigenvalue weighted by atomic mass is 10.0. The van der Waals surface area contributed by atoms with E-state index in [-0.39, 0.29) is 5.91 Å². The lowest BCUT2D eigenvalue weighted by Gasteiger charge is -2.08. The molecular formula is C22H21N3O3. The van der Waals surface area contributed by atoms with Crippen molar-refractivity contribution >= 4 is 17.0 Å². The Morgan fingerprint density at radius 1 is 1.18 bits per heavy atom. The Morgan fingerprint density at radius 2 is 2.00 bits per heavy atom. The molecule has 0 aliphatic carbocycles. The molecule has 0 bridgehead atoms. The lowest BCUT2D eigenvalue weighted by molar-refractivity contribution is 0.0954. The number of benzene rings is 1. The van der Waals surface area contributed by atoms with Gasteiger partial charge in [0.2, 0.25) is 0 Å². The molecule has 1 amide bonds. The maximum absolute atomic E-state index is 13.0.